The lowest BCUT2D eigenvalue weighted by atomic mass is 9.79. The maximum absolute atomic E-state index is 8.28. The van der Waals surface area contributed by atoms with Crippen molar-refractivity contribution in [3.05, 3.63) is 0 Å². The zero-order chi connectivity index (χ0) is 6.69. The molecule has 0 spiro atoms. The van der Waals surface area contributed by atoms with Crippen LogP contribution < -0.4 is 5.73 Å². The van der Waals surface area contributed by atoms with Crippen LogP contribution in [-0.2, 0) is 0 Å². The molecule has 0 radical (unpaired) electrons. The van der Waals surface area contributed by atoms with Gasteiger partial charge in [0.05, 0.1) is 12.5 Å². The van der Waals surface area contributed by atoms with Crippen molar-refractivity contribution in [3.8, 4) is 6.07 Å². The highest BCUT2D eigenvalue weighted by molar-refractivity contribution is 4.86. The zero-order valence-corrected chi connectivity index (χ0v) is 5.51. The minimum Gasteiger partial charge on any atom is -0.327 e. The van der Waals surface area contributed by atoms with E-state index in [9.17, 15) is 0 Å². The number of nitrogens with two attached hydrogens (primary N) is 1. The van der Waals surface area contributed by atoms with E-state index in [1.165, 1.54) is 19.3 Å². The molecule has 2 N–H and O–H groups in total. The van der Waals surface area contributed by atoms with Gasteiger partial charge in [0.1, 0.15) is 0 Å². The normalized spacial score (nSPS) is 22.2. The van der Waals surface area contributed by atoms with Crippen molar-refractivity contribution in [2.24, 2.45) is 11.7 Å². The van der Waals surface area contributed by atoms with Gasteiger partial charge in [0.2, 0.25) is 0 Å². The molecule has 2 heteroatoms. The first kappa shape index (κ1) is 6.57. The van der Waals surface area contributed by atoms with E-state index in [1.54, 1.807) is 0 Å². The Balaban J connectivity index is 2.17. The van der Waals surface area contributed by atoms with Crippen LogP contribution in [0, 0.1) is 17.2 Å². The van der Waals surface area contributed by atoms with Gasteiger partial charge in [-0.3, -0.25) is 0 Å². The molecule has 50 valence electrons. The second-order valence-electron chi connectivity index (χ2n) is 2.72. The fourth-order valence-electron chi connectivity index (χ4n) is 1.14. The van der Waals surface area contributed by atoms with Crippen molar-refractivity contribution >= 4 is 0 Å². The molecule has 0 aliphatic heterocycles. The Hall–Kier alpha value is -0.550. The SMILES string of the molecule is N#CC[C@H](N)C1CCC1. The highest BCUT2D eigenvalue weighted by Crippen LogP contribution is 2.29. The largest absolute Gasteiger partial charge is 0.327 e. The van der Waals surface area contributed by atoms with Crippen molar-refractivity contribution in [1.82, 2.24) is 0 Å². The molecule has 1 saturated carbocycles. The third-order valence-corrected chi connectivity index (χ3v) is 2.08. The maximum atomic E-state index is 8.28. The molecule has 1 atom stereocenters. The smallest absolute Gasteiger partial charge is 0.0638 e. The van der Waals surface area contributed by atoms with Crippen molar-refractivity contribution in [2.75, 3.05) is 0 Å². The molecule has 9 heavy (non-hydrogen) atoms. The summed E-state index contributed by atoms with van der Waals surface area (Å²) in [6, 6.07) is 2.25. The van der Waals surface area contributed by atoms with Crippen LogP contribution in [0.4, 0.5) is 0 Å². The highest BCUT2D eigenvalue weighted by atomic mass is 14.7. The van der Waals surface area contributed by atoms with E-state index >= 15 is 0 Å². The third-order valence-electron chi connectivity index (χ3n) is 2.08. The first-order chi connectivity index (χ1) is 4.34. The molecule has 0 aromatic rings. The molecule has 0 unspecified atom stereocenters. The second kappa shape index (κ2) is 2.84. The molecule has 1 fully saturated rings. The summed E-state index contributed by atoms with van der Waals surface area (Å²) < 4.78 is 0. The summed E-state index contributed by atoms with van der Waals surface area (Å²) in [7, 11) is 0. The molecule has 1 aliphatic rings. The standard InChI is InChI=1S/C7H12N2/c8-5-4-7(9)6-2-1-3-6/h6-7H,1-4,9H2/t7-/m0/s1. The van der Waals surface area contributed by atoms with E-state index in [0.29, 0.717) is 12.3 Å². The monoisotopic (exact) mass is 124 g/mol. The Morgan fingerprint density at radius 1 is 1.67 bits per heavy atom. The third kappa shape index (κ3) is 1.43. The molecule has 2 nitrogen and oxygen atoms in total. The van der Waals surface area contributed by atoms with Crippen molar-refractivity contribution in [3.63, 3.8) is 0 Å². The molecule has 0 aromatic heterocycles. The minimum atomic E-state index is 0.156. The van der Waals surface area contributed by atoms with Crippen LogP contribution in [0.3, 0.4) is 0 Å². The average Bonchev–Trinajstić information content (AvgIpc) is 1.60. The lowest BCUT2D eigenvalue weighted by Crippen LogP contribution is -2.33. The minimum absolute atomic E-state index is 0.156. The topological polar surface area (TPSA) is 49.8 Å². The molecule has 1 aliphatic carbocycles. The van der Waals surface area contributed by atoms with E-state index in [0.717, 1.165) is 0 Å². The fourth-order valence-corrected chi connectivity index (χ4v) is 1.14. The maximum Gasteiger partial charge on any atom is 0.0638 e. The average molecular weight is 124 g/mol. The van der Waals surface area contributed by atoms with Gasteiger partial charge in [-0.2, -0.15) is 5.26 Å². The number of hydrogen-bond donors (Lipinski definition) is 1. The predicted octanol–water partition coefficient (Wildman–Crippen LogP) is 1.03. The highest BCUT2D eigenvalue weighted by Gasteiger charge is 2.23. The predicted molar refractivity (Wildman–Crippen MR) is 35.5 cm³/mol. The zero-order valence-electron chi connectivity index (χ0n) is 5.51. The molecule has 0 heterocycles. The first-order valence-corrected chi connectivity index (χ1v) is 3.47. The summed E-state index contributed by atoms with van der Waals surface area (Å²) in [6.45, 7) is 0. The van der Waals surface area contributed by atoms with Gasteiger partial charge in [-0.1, -0.05) is 6.42 Å². The molecule has 0 saturated heterocycles. The van der Waals surface area contributed by atoms with Crippen molar-refractivity contribution in [2.45, 2.75) is 31.7 Å². The van der Waals surface area contributed by atoms with Gasteiger partial charge in [-0.15, -0.1) is 0 Å². The van der Waals surface area contributed by atoms with Crippen LogP contribution in [0.1, 0.15) is 25.7 Å². The van der Waals surface area contributed by atoms with Crippen LogP contribution in [0.15, 0.2) is 0 Å². The number of nitrogens with zero attached hydrogens (tertiary/aromatic N) is 1. The van der Waals surface area contributed by atoms with E-state index in [4.69, 9.17) is 11.0 Å². The van der Waals surface area contributed by atoms with Gasteiger partial charge in [0.25, 0.3) is 0 Å². The van der Waals surface area contributed by atoms with Gasteiger partial charge < -0.3 is 5.73 Å². The van der Waals surface area contributed by atoms with Gasteiger partial charge >= 0.3 is 0 Å². The van der Waals surface area contributed by atoms with Crippen LogP contribution in [0.2, 0.25) is 0 Å². The van der Waals surface area contributed by atoms with E-state index in [-0.39, 0.29) is 6.04 Å². The van der Waals surface area contributed by atoms with Crippen LogP contribution in [0.5, 0.6) is 0 Å². The van der Waals surface area contributed by atoms with Gasteiger partial charge in [0.15, 0.2) is 0 Å². The lowest BCUT2D eigenvalue weighted by molar-refractivity contribution is 0.263. The Labute approximate surface area is 55.7 Å². The van der Waals surface area contributed by atoms with E-state index in [1.807, 2.05) is 0 Å². The number of rotatable bonds is 2. The summed E-state index contributed by atoms with van der Waals surface area (Å²) >= 11 is 0. The Bertz CT molecular complexity index is 121. The van der Waals surface area contributed by atoms with E-state index < -0.39 is 0 Å². The first-order valence-electron chi connectivity index (χ1n) is 3.47. The van der Waals surface area contributed by atoms with E-state index in [2.05, 4.69) is 6.07 Å². The Morgan fingerprint density at radius 2 is 2.33 bits per heavy atom. The summed E-state index contributed by atoms with van der Waals surface area (Å²) in [5.41, 5.74) is 5.67. The Kier molecular flexibility index (Phi) is 2.07. The van der Waals surface area contributed by atoms with Crippen molar-refractivity contribution in [1.29, 1.82) is 5.26 Å². The van der Waals surface area contributed by atoms with Crippen LogP contribution in [0.25, 0.3) is 0 Å². The lowest BCUT2D eigenvalue weighted by Gasteiger charge is -2.29. The number of hydrogen-bond acceptors (Lipinski definition) is 2. The van der Waals surface area contributed by atoms with Gasteiger partial charge in [-0.25, -0.2) is 0 Å². The Morgan fingerprint density at radius 3 is 2.67 bits per heavy atom. The quantitative estimate of drug-likeness (QED) is 0.597. The molecular weight excluding hydrogens is 112 g/mol. The summed E-state index contributed by atoms with van der Waals surface area (Å²) in [5, 5.41) is 8.28. The molecule has 1 rings (SSSR count). The summed E-state index contributed by atoms with van der Waals surface area (Å²) in [4.78, 5) is 0. The summed E-state index contributed by atoms with van der Waals surface area (Å²) in [5.74, 6) is 0.657. The van der Waals surface area contributed by atoms with Gasteiger partial charge in [0, 0.05) is 6.04 Å². The molecule has 0 bridgehead atoms. The summed E-state index contributed by atoms with van der Waals surface area (Å²) in [6.07, 6.45) is 4.32. The number of nitriles is 1. The molecule has 0 amide bonds. The van der Waals surface area contributed by atoms with Crippen LogP contribution >= 0.6 is 0 Å². The fraction of sp³-hybridized carbons (Fsp3) is 0.857. The molecule has 0 aromatic carbocycles. The van der Waals surface area contributed by atoms with Gasteiger partial charge in [-0.05, 0) is 18.8 Å². The van der Waals surface area contributed by atoms with Crippen LogP contribution in [-0.4, -0.2) is 6.04 Å². The van der Waals surface area contributed by atoms with Crippen molar-refractivity contribution < 1.29 is 0 Å². The molecular formula is C7H12N2. The second-order valence-corrected chi connectivity index (χ2v) is 2.72.